The molecule has 1 unspecified atom stereocenters. The molecule has 0 aliphatic rings. The normalized spacial score (nSPS) is 13.8. The van der Waals surface area contributed by atoms with Gasteiger partial charge in [-0.1, -0.05) is 13.8 Å². The predicted octanol–water partition coefficient (Wildman–Crippen LogP) is 2.20. The number of thiazole rings is 1. The van der Waals surface area contributed by atoms with Crippen molar-refractivity contribution in [1.29, 1.82) is 0 Å². The number of hydrogen-bond acceptors (Lipinski definition) is 3. The van der Waals surface area contributed by atoms with E-state index in [4.69, 9.17) is 0 Å². The van der Waals surface area contributed by atoms with Crippen LogP contribution in [-0.4, -0.2) is 11.0 Å². The Morgan fingerprint density at radius 2 is 2.18 bits per heavy atom. The molecule has 2 nitrogen and oxygen atoms in total. The first-order valence-electron chi connectivity index (χ1n) is 3.84. The summed E-state index contributed by atoms with van der Waals surface area (Å²) < 4.78 is 0. The van der Waals surface area contributed by atoms with Crippen LogP contribution in [-0.2, 0) is 0 Å². The second kappa shape index (κ2) is 3.83. The number of aromatic nitrogens is 1. The molecule has 0 aliphatic carbocycles. The first-order valence-corrected chi connectivity index (χ1v) is 4.72. The Hall–Kier alpha value is -0.410. The molecule has 0 fully saturated rings. The molecule has 1 aromatic rings. The van der Waals surface area contributed by atoms with E-state index >= 15 is 0 Å². The lowest BCUT2D eigenvalue weighted by atomic mass is 10.2. The Balaban J connectivity index is 2.49. The summed E-state index contributed by atoms with van der Waals surface area (Å²) in [7, 11) is 0. The van der Waals surface area contributed by atoms with Gasteiger partial charge in [0.2, 0.25) is 0 Å². The molecule has 0 aliphatic heterocycles. The first kappa shape index (κ1) is 8.68. The summed E-state index contributed by atoms with van der Waals surface area (Å²) in [4.78, 5) is 5.33. The lowest BCUT2D eigenvalue weighted by molar-refractivity contribution is 0.511. The van der Waals surface area contributed by atoms with Crippen LogP contribution < -0.4 is 5.32 Å². The van der Waals surface area contributed by atoms with E-state index in [2.05, 4.69) is 31.1 Å². The van der Waals surface area contributed by atoms with Gasteiger partial charge in [-0.05, 0) is 6.92 Å². The highest BCUT2D eigenvalue weighted by Gasteiger charge is 2.06. The van der Waals surface area contributed by atoms with E-state index in [9.17, 15) is 0 Å². The second-order valence-corrected chi connectivity index (χ2v) is 3.86. The average Bonchev–Trinajstić information content (AvgIpc) is 2.35. The topological polar surface area (TPSA) is 24.9 Å². The van der Waals surface area contributed by atoms with Gasteiger partial charge in [0.1, 0.15) is 0 Å². The van der Waals surface area contributed by atoms with Gasteiger partial charge in [0.25, 0.3) is 0 Å². The third kappa shape index (κ3) is 2.60. The highest BCUT2D eigenvalue weighted by atomic mass is 32.1. The minimum atomic E-state index is 0.433. The van der Waals surface area contributed by atoms with Gasteiger partial charge >= 0.3 is 0 Å². The van der Waals surface area contributed by atoms with Gasteiger partial charge in [-0.25, -0.2) is 0 Å². The highest BCUT2D eigenvalue weighted by molar-refractivity contribution is 7.09. The molecule has 0 saturated heterocycles. The Labute approximate surface area is 71.7 Å². The van der Waals surface area contributed by atoms with Crippen LogP contribution in [0.1, 0.15) is 31.7 Å². The van der Waals surface area contributed by atoms with Crippen molar-refractivity contribution in [2.24, 2.45) is 0 Å². The van der Waals surface area contributed by atoms with E-state index in [1.807, 2.05) is 11.7 Å². The minimum absolute atomic E-state index is 0.433. The molecular weight excluding hydrogens is 156 g/mol. The summed E-state index contributed by atoms with van der Waals surface area (Å²) >= 11 is 1.70. The summed E-state index contributed by atoms with van der Waals surface area (Å²) in [6.45, 7) is 6.46. The standard InChI is InChI=1S/C8H14N2S/c1-6(2)10-7(3)8-4-9-5-11-8/h4-7,10H,1-3H3. The third-order valence-corrected chi connectivity index (χ3v) is 2.42. The van der Waals surface area contributed by atoms with Gasteiger partial charge in [0, 0.05) is 23.2 Å². The summed E-state index contributed by atoms with van der Waals surface area (Å²) in [5, 5.41) is 3.42. The fraction of sp³-hybridized carbons (Fsp3) is 0.625. The van der Waals surface area contributed by atoms with Crippen LogP contribution >= 0.6 is 11.3 Å². The Morgan fingerprint density at radius 1 is 1.45 bits per heavy atom. The molecule has 62 valence electrons. The zero-order chi connectivity index (χ0) is 8.27. The van der Waals surface area contributed by atoms with E-state index in [0.29, 0.717) is 12.1 Å². The number of nitrogens with zero attached hydrogens (tertiary/aromatic N) is 1. The van der Waals surface area contributed by atoms with Crippen LogP contribution in [0.5, 0.6) is 0 Å². The third-order valence-electron chi connectivity index (χ3n) is 1.46. The molecule has 1 aromatic heterocycles. The largest absolute Gasteiger partial charge is 0.307 e. The molecule has 1 atom stereocenters. The highest BCUT2D eigenvalue weighted by Crippen LogP contribution is 2.16. The van der Waals surface area contributed by atoms with Crippen LogP contribution in [0.15, 0.2) is 11.7 Å². The summed E-state index contributed by atoms with van der Waals surface area (Å²) in [5.41, 5.74) is 1.87. The Kier molecular flexibility index (Phi) is 3.02. The molecule has 0 saturated carbocycles. The SMILES string of the molecule is CC(C)NC(C)c1cncs1. The maximum atomic E-state index is 4.03. The van der Waals surface area contributed by atoms with Crippen molar-refractivity contribution in [2.75, 3.05) is 0 Å². The van der Waals surface area contributed by atoms with E-state index in [-0.39, 0.29) is 0 Å². The van der Waals surface area contributed by atoms with E-state index in [1.54, 1.807) is 11.3 Å². The van der Waals surface area contributed by atoms with Gasteiger partial charge < -0.3 is 5.32 Å². The van der Waals surface area contributed by atoms with Gasteiger partial charge in [-0.15, -0.1) is 11.3 Å². The number of hydrogen-bond donors (Lipinski definition) is 1. The maximum Gasteiger partial charge on any atom is 0.0794 e. The van der Waals surface area contributed by atoms with Gasteiger partial charge in [0.15, 0.2) is 0 Å². The lowest BCUT2D eigenvalue weighted by Crippen LogP contribution is -2.25. The van der Waals surface area contributed by atoms with Crippen molar-refractivity contribution in [3.8, 4) is 0 Å². The van der Waals surface area contributed by atoms with Crippen LogP contribution in [0.25, 0.3) is 0 Å². The number of nitrogens with one attached hydrogen (secondary N) is 1. The van der Waals surface area contributed by atoms with Gasteiger partial charge in [-0.2, -0.15) is 0 Å². The molecule has 0 radical (unpaired) electrons. The second-order valence-electron chi connectivity index (χ2n) is 2.95. The smallest absolute Gasteiger partial charge is 0.0794 e. The predicted molar refractivity (Wildman–Crippen MR) is 48.8 cm³/mol. The van der Waals surface area contributed by atoms with Crippen molar-refractivity contribution < 1.29 is 0 Å². The van der Waals surface area contributed by atoms with Gasteiger partial charge in [-0.3, -0.25) is 4.98 Å². The van der Waals surface area contributed by atoms with Gasteiger partial charge in [0.05, 0.1) is 5.51 Å². The molecule has 3 heteroatoms. The van der Waals surface area contributed by atoms with Crippen molar-refractivity contribution in [3.05, 3.63) is 16.6 Å². The fourth-order valence-corrected chi connectivity index (χ4v) is 1.66. The average molecular weight is 170 g/mol. The van der Waals surface area contributed by atoms with Crippen molar-refractivity contribution in [3.63, 3.8) is 0 Å². The number of rotatable bonds is 3. The fourth-order valence-electron chi connectivity index (χ4n) is 1.02. The van der Waals surface area contributed by atoms with Crippen LogP contribution in [0, 0.1) is 0 Å². The molecule has 1 N–H and O–H groups in total. The summed E-state index contributed by atoms with van der Waals surface area (Å²) in [6, 6.07) is 0.967. The Morgan fingerprint density at radius 3 is 2.64 bits per heavy atom. The molecule has 11 heavy (non-hydrogen) atoms. The summed E-state index contributed by atoms with van der Waals surface area (Å²) in [5.74, 6) is 0. The zero-order valence-corrected chi connectivity index (χ0v) is 7.98. The quantitative estimate of drug-likeness (QED) is 0.752. The lowest BCUT2D eigenvalue weighted by Gasteiger charge is -2.14. The Bertz CT molecular complexity index is 194. The maximum absolute atomic E-state index is 4.03. The molecular formula is C8H14N2S. The van der Waals surface area contributed by atoms with E-state index in [0.717, 1.165) is 0 Å². The molecule has 0 spiro atoms. The van der Waals surface area contributed by atoms with E-state index < -0.39 is 0 Å². The van der Waals surface area contributed by atoms with Crippen LogP contribution in [0.4, 0.5) is 0 Å². The van der Waals surface area contributed by atoms with E-state index in [1.165, 1.54) is 4.88 Å². The van der Waals surface area contributed by atoms with Crippen molar-refractivity contribution >= 4 is 11.3 Å². The summed E-state index contributed by atoms with van der Waals surface area (Å²) in [6.07, 6.45) is 1.92. The molecule has 0 aromatic carbocycles. The van der Waals surface area contributed by atoms with Crippen molar-refractivity contribution in [1.82, 2.24) is 10.3 Å². The van der Waals surface area contributed by atoms with Crippen LogP contribution in [0.2, 0.25) is 0 Å². The van der Waals surface area contributed by atoms with Crippen molar-refractivity contribution in [2.45, 2.75) is 32.9 Å². The van der Waals surface area contributed by atoms with Crippen LogP contribution in [0.3, 0.4) is 0 Å². The minimum Gasteiger partial charge on any atom is -0.307 e. The molecule has 1 heterocycles. The zero-order valence-electron chi connectivity index (χ0n) is 7.16. The monoisotopic (exact) mass is 170 g/mol. The molecule has 0 amide bonds. The molecule has 1 rings (SSSR count). The molecule has 0 bridgehead atoms. The first-order chi connectivity index (χ1) is 5.20.